The van der Waals surface area contributed by atoms with E-state index >= 15 is 0 Å². The fraction of sp³-hybridized carbons (Fsp3) is 0.551. The van der Waals surface area contributed by atoms with E-state index in [1.165, 1.54) is 44.6 Å². The molecule has 1 saturated heterocycles. The van der Waals surface area contributed by atoms with Crippen LogP contribution in [0.3, 0.4) is 0 Å². The number of para-hydroxylation sites is 1. The second-order valence-electron chi connectivity index (χ2n) is 20.2. The number of aromatic nitrogens is 4. The van der Waals surface area contributed by atoms with Crippen molar-refractivity contribution >= 4 is 61.7 Å². The Morgan fingerprint density at radius 3 is 2.33 bits per heavy atom. The standard InChI is InChI=1S/C49H59F3N8O5S/c1-47(2,65)32-22-35-39(23-34(32)54-43(62)33-8-6-11-40(53-33)49(50,51)52)66-45(55-35)30-14-12-28(13-15-30)26-57(3)31-18-20-48(21-19-31)24-29(25-48)27-58(4)36-9-7-10-37-42(36)59(5)46(64)60(37)38-16-17-41(61)56-44(38)63/h6-11,22-23,28-31,38,65H,12-21,24-27H2,1-5H3,(H,54,62)(H,56,61,63). The van der Waals surface area contributed by atoms with Crippen LogP contribution in [0.4, 0.5) is 24.5 Å². The molecular weight excluding hydrogens is 870 g/mol. The summed E-state index contributed by atoms with van der Waals surface area (Å²) in [6.45, 7) is 5.17. The number of rotatable bonds is 11. The Kier molecular flexibility index (Phi) is 12.2. The van der Waals surface area contributed by atoms with Crippen molar-refractivity contribution in [2.24, 2.45) is 24.3 Å². The van der Waals surface area contributed by atoms with Gasteiger partial charge in [0.05, 0.1) is 37.5 Å². The molecule has 352 valence electrons. The van der Waals surface area contributed by atoms with E-state index in [9.17, 15) is 37.5 Å². The summed E-state index contributed by atoms with van der Waals surface area (Å²) in [6, 6.07) is 12.5. The Bertz CT molecular complexity index is 2730. The van der Waals surface area contributed by atoms with Crippen LogP contribution in [0, 0.1) is 17.3 Å². The first-order chi connectivity index (χ1) is 31.3. The zero-order valence-corrected chi connectivity index (χ0v) is 39.0. The Morgan fingerprint density at radius 2 is 1.65 bits per heavy atom. The SMILES string of the molecule is CN(CC1CC2(CCC(N(C)CC3CCC(c4nc5cc(C(C)(C)O)c(NC(=O)c6cccc(C(F)(F)F)n6)cc5s4)CC3)CC2)C1)c1cccc2c1n(C)c(=O)n2C1CCC(=O)NC1=O. The molecule has 1 spiro atoms. The maximum Gasteiger partial charge on any atom is 0.433 e. The van der Waals surface area contributed by atoms with Gasteiger partial charge in [0.25, 0.3) is 5.91 Å². The highest BCUT2D eigenvalue weighted by Gasteiger charge is 2.47. The number of aliphatic hydroxyl groups is 1. The lowest BCUT2D eigenvalue weighted by molar-refractivity contribution is -0.141. The summed E-state index contributed by atoms with van der Waals surface area (Å²) < 4.78 is 43.9. The van der Waals surface area contributed by atoms with Gasteiger partial charge in [0.2, 0.25) is 11.8 Å². The Morgan fingerprint density at radius 1 is 0.939 bits per heavy atom. The summed E-state index contributed by atoms with van der Waals surface area (Å²) in [6.07, 6.45) is 7.44. The van der Waals surface area contributed by atoms with Crippen LogP contribution in [0.5, 0.6) is 0 Å². The zero-order valence-electron chi connectivity index (χ0n) is 38.2. The number of imide groups is 1. The van der Waals surface area contributed by atoms with Crippen LogP contribution in [0.25, 0.3) is 21.3 Å². The lowest BCUT2D eigenvalue weighted by Crippen LogP contribution is -2.48. The van der Waals surface area contributed by atoms with Gasteiger partial charge < -0.3 is 20.2 Å². The second-order valence-corrected chi connectivity index (χ2v) is 21.3. The van der Waals surface area contributed by atoms with E-state index in [0.29, 0.717) is 57.9 Å². The third kappa shape index (κ3) is 9.02. The molecule has 17 heteroatoms. The zero-order chi connectivity index (χ0) is 46.9. The molecule has 3 aromatic heterocycles. The predicted molar refractivity (Wildman–Crippen MR) is 249 cm³/mol. The first-order valence-electron chi connectivity index (χ1n) is 23.2. The molecule has 66 heavy (non-hydrogen) atoms. The Hall–Kier alpha value is -5.13. The van der Waals surface area contributed by atoms with Crippen molar-refractivity contribution in [3.05, 3.63) is 81.0 Å². The fourth-order valence-electron chi connectivity index (χ4n) is 11.6. The minimum Gasteiger partial charge on any atom is -0.386 e. The van der Waals surface area contributed by atoms with Gasteiger partial charge in [0.15, 0.2) is 0 Å². The maximum atomic E-state index is 13.5. The van der Waals surface area contributed by atoms with Gasteiger partial charge in [0, 0.05) is 56.8 Å². The van der Waals surface area contributed by atoms with Gasteiger partial charge in [-0.05, 0) is 145 Å². The van der Waals surface area contributed by atoms with Gasteiger partial charge in [-0.3, -0.25) is 28.8 Å². The summed E-state index contributed by atoms with van der Waals surface area (Å²) in [4.78, 5) is 64.6. The topological polar surface area (TPSA) is 155 Å². The van der Waals surface area contributed by atoms with Crippen LogP contribution in [-0.2, 0) is 28.4 Å². The average molecular weight is 929 g/mol. The minimum absolute atomic E-state index is 0.208. The third-order valence-electron chi connectivity index (χ3n) is 15.1. The normalized spacial score (nSPS) is 25.1. The molecule has 2 aromatic carbocycles. The van der Waals surface area contributed by atoms with E-state index in [0.717, 1.165) is 71.8 Å². The molecule has 3 aliphatic carbocycles. The van der Waals surface area contributed by atoms with Gasteiger partial charge in [-0.25, -0.2) is 14.8 Å². The number of aryl methyl sites for hydroxylation is 1. The van der Waals surface area contributed by atoms with Crippen LogP contribution in [-0.4, -0.2) is 80.1 Å². The van der Waals surface area contributed by atoms with E-state index in [-0.39, 0.29) is 23.7 Å². The Labute approximate surface area is 385 Å². The summed E-state index contributed by atoms with van der Waals surface area (Å²) in [5.41, 5.74) is 1.19. The lowest BCUT2D eigenvalue weighted by atomic mass is 9.55. The van der Waals surface area contributed by atoms with Gasteiger partial charge >= 0.3 is 11.9 Å². The van der Waals surface area contributed by atoms with Crippen molar-refractivity contribution in [3.8, 4) is 0 Å². The monoisotopic (exact) mass is 928 g/mol. The molecule has 9 rings (SSSR count). The number of halogens is 3. The lowest BCUT2D eigenvalue weighted by Gasteiger charge is -2.53. The predicted octanol–water partition coefficient (Wildman–Crippen LogP) is 8.50. The first kappa shape index (κ1) is 46.0. The fourth-order valence-corrected chi connectivity index (χ4v) is 12.8. The first-order valence-corrected chi connectivity index (χ1v) is 24.1. The van der Waals surface area contributed by atoms with Crippen molar-refractivity contribution < 1.29 is 32.7 Å². The van der Waals surface area contributed by atoms with Crippen LogP contribution < -0.4 is 21.2 Å². The highest BCUT2D eigenvalue weighted by molar-refractivity contribution is 7.18. The van der Waals surface area contributed by atoms with E-state index in [4.69, 9.17) is 4.98 Å². The molecule has 4 aliphatic rings. The number of nitrogens with zero attached hydrogens (tertiary/aromatic N) is 6. The summed E-state index contributed by atoms with van der Waals surface area (Å²) in [5, 5.41) is 17.2. The molecular formula is C49H59F3N8O5S. The van der Waals surface area contributed by atoms with Crippen molar-refractivity contribution in [3.63, 3.8) is 0 Å². The number of fused-ring (bicyclic) bond motifs is 2. The smallest absolute Gasteiger partial charge is 0.386 e. The van der Waals surface area contributed by atoms with Crippen molar-refractivity contribution in [1.29, 1.82) is 0 Å². The molecule has 3 N–H and O–H groups in total. The highest BCUT2D eigenvalue weighted by Crippen LogP contribution is 2.55. The van der Waals surface area contributed by atoms with Crippen LogP contribution in [0.2, 0.25) is 0 Å². The van der Waals surface area contributed by atoms with E-state index in [1.54, 1.807) is 53.5 Å². The van der Waals surface area contributed by atoms with Gasteiger partial charge in [-0.2, -0.15) is 13.2 Å². The number of nitrogens with one attached hydrogen (secondary N) is 2. The summed E-state index contributed by atoms with van der Waals surface area (Å²) >= 11 is 1.56. The Balaban J connectivity index is 0.761. The molecule has 4 fully saturated rings. The summed E-state index contributed by atoms with van der Waals surface area (Å²) in [7, 11) is 6.14. The van der Waals surface area contributed by atoms with Crippen LogP contribution in [0.15, 0.2) is 53.3 Å². The number of alkyl halides is 3. The number of hydrogen-bond donors (Lipinski definition) is 3. The number of anilines is 2. The van der Waals surface area contributed by atoms with E-state index in [1.807, 2.05) is 18.2 Å². The molecule has 13 nitrogen and oxygen atoms in total. The number of piperidine rings is 1. The largest absolute Gasteiger partial charge is 0.433 e. The van der Waals surface area contributed by atoms with Crippen molar-refractivity contribution in [1.82, 2.24) is 29.3 Å². The van der Waals surface area contributed by atoms with E-state index in [2.05, 4.69) is 39.5 Å². The molecule has 1 unspecified atom stereocenters. The number of thiazole rings is 1. The second kappa shape index (κ2) is 17.5. The minimum atomic E-state index is -4.69. The van der Waals surface area contributed by atoms with Crippen LogP contribution >= 0.6 is 11.3 Å². The number of pyridine rings is 1. The van der Waals surface area contributed by atoms with Crippen molar-refractivity contribution in [2.75, 3.05) is 37.4 Å². The average Bonchev–Trinajstić information content (AvgIpc) is 3.79. The number of amides is 3. The van der Waals surface area contributed by atoms with Crippen molar-refractivity contribution in [2.45, 2.75) is 121 Å². The quantitative estimate of drug-likeness (QED) is 0.111. The molecule has 3 amide bonds. The van der Waals surface area contributed by atoms with Gasteiger partial charge in [-0.1, -0.05) is 12.1 Å². The number of carbonyl (C=O) groups is 3. The van der Waals surface area contributed by atoms with Gasteiger partial charge in [0.1, 0.15) is 17.4 Å². The number of carbonyl (C=O) groups excluding carboxylic acids is 3. The van der Waals surface area contributed by atoms with Crippen LogP contribution in [0.1, 0.15) is 130 Å². The van der Waals surface area contributed by atoms with E-state index < -0.39 is 35.3 Å². The number of imidazole rings is 1. The third-order valence-corrected chi connectivity index (χ3v) is 16.3. The molecule has 0 radical (unpaired) electrons. The summed E-state index contributed by atoms with van der Waals surface area (Å²) in [5.74, 6) is -0.0444. The maximum absolute atomic E-state index is 13.5. The molecule has 1 atom stereocenters. The number of benzene rings is 2. The molecule has 5 aromatic rings. The molecule has 4 heterocycles. The molecule has 1 aliphatic heterocycles. The molecule has 3 saturated carbocycles. The highest BCUT2D eigenvalue weighted by atomic mass is 32.1. The van der Waals surface area contributed by atoms with Gasteiger partial charge in [-0.15, -0.1) is 11.3 Å². The molecule has 0 bridgehead atoms. The number of hydrogen-bond acceptors (Lipinski definition) is 10.